The third kappa shape index (κ3) is 4.68. The molecule has 2 rings (SSSR count). The second kappa shape index (κ2) is 8.73. The highest BCUT2D eigenvalue weighted by Gasteiger charge is 2.11. The molecule has 0 atom stereocenters. The number of unbranched alkanes of at least 4 members (excludes halogenated alkanes) is 1. The largest absolute Gasteiger partial charge is 0.496 e. The number of benzene rings is 2. The number of nitrogens with one attached hydrogen (secondary N) is 1. The molecule has 2 aromatic rings. The van der Waals surface area contributed by atoms with Crippen LogP contribution in [0.15, 0.2) is 59.7 Å². The maximum atomic E-state index is 12.3. The Balaban J connectivity index is 2.18. The van der Waals surface area contributed by atoms with Crippen molar-refractivity contribution in [2.24, 2.45) is 5.10 Å². The second-order valence-corrected chi connectivity index (χ2v) is 5.17. The zero-order chi connectivity index (χ0) is 16.5. The van der Waals surface area contributed by atoms with Gasteiger partial charge < -0.3 is 4.74 Å². The number of amides is 1. The SMILES string of the molecule is CCCCC(=NNC(=O)c1ccccc1OC)c1ccccc1. The minimum absolute atomic E-state index is 0.271. The van der Waals surface area contributed by atoms with Crippen molar-refractivity contribution in [3.05, 3.63) is 65.7 Å². The fraction of sp³-hybridized carbons (Fsp3) is 0.263. The van der Waals surface area contributed by atoms with E-state index < -0.39 is 0 Å². The first-order chi connectivity index (χ1) is 11.3. The maximum absolute atomic E-state index is 12.3. The van der Waals surface area contributed by atoms with Gasteiger partial charge in [-0.3, -0.25) is 4.79 Å². The molecule has 2 aromatic carbocycles. The average molecular weight is 310 g/mol. The standard InChI is InChI=1S/C19H22N2O2/c1-3-4-13-17(15-10-6-5-7-11-15)20-21-19(22)16-12-8-9-14-18(16)23-2/h5-12,14H,3-4,13H2,1-2H3,(H,21,22). The van der Waals surface area contributed by atoms with Crippen molar-refractivity contribution < 1.29 is 9.53 Å². The van der Waals surface area contributed by atoms with Crippen molar-refractivity contribution in [1.82, 2.24) is 5.43 Å². The molecule has 0 saturated carbocycles. The zero-order valence-corrected chi connectivity index (χ0v) is 13.6. The Morgan fingerprint density at radius 1 is 1.09 bits per heavy atom. The fourth-order valence-corrected chi connectivity index (χ4v) is 2.25. The van der Waals surface area contributed by atoms with Crippen molar-refractivity contribution in [2.75, 3.05) is 7.11 Å². The van der Waals surface area contributed by atoms with E-state index in [0.29, 0.717) is 11.3 Å². The number of para-hydroxylation sites is 1. The maximum Gasteiger partial charge on any atom is 0.275 e. The molecule has 0 aliphatic carbocycles. The molecule has 0 aromatic heterocycles. The van der Waals surface area contributed by atoms with Crippen molar-refractivity contribution in [2.45, 2.75) is 26.2 Å². The minimum atomic E-state index is -0.271. The third-order valence-electron chi connectivity index (χ3n) is 3.52. The van der Waals surface area contributed by atoms with Crippen LogP contribution in [0, 0.1) is 0 Å². The van der Waals surface area contributed by atoms with Gasteiger partial charge in [0.25, 0.3) is 5.91 Å². The first-order valence-corrected chi connectivity index (χ1v) is 7.81. The molecular formula is C19H22N2O2. The number of nitrogens with zero attached hydrogens (tertiary/aromatic N) is 1. The van der Waals surface area contributed by atoms with Crippen LogP contribution in [0.3, 0.4) is 0 Å². The van der Waals surface area contributed by atoms with E-state index in [1.165, 1.54) is 0 Å². The van der Waals surface area contributed by atoms with Crippen molar-refractivity contribution in [1.29, 1.82) is 0 Å². The van der Waals surface area contributed by atoms with Crippen LogP contribution >= 0.6 is 0 Å². The van der Waals surface area contributed by atoms with E-state index in [1.54, 1.807) is 25.3 Å². The summed E-state index contributed by atoms with van der Waals surface area (Å²) in [7, 11) is 1.55. The Morgan fingerprint density at radius 2 is 1.78 bits per heavy atom. The second-order valence-electron chi connectivity index (χ2n) is 5.17. The van der Waals surface area contributed by atoms with Crippen LogP contribution in [-0.4, -0.2) is 18.7 Å². The predicted molar refractivity (Wildman–Crippen MR) is 93.0 cm³/mol. The van der Waals surface area contributed by atoms with E-state index in [1.807, 2.05) is 36.4 Å². The van der Waals surface area contributed by atoms with Crippen LogP contribution < -0.4 is 10.2 Å². The Bertz CT molecular complexity index is 666. The summed E-state index contributed by atoms with van der Waals surface area (Å²) >= 11 is 0. The molecule has 0 bridgehead atoms. The summed E-state index contributed by atoms with van der Waals surface area (Å²) < 4.78 is 5.21. The summed E-state index contributed by atoms with van der Waals surface area (Å²) in [5, 5.41) is 4.34. The summed E-state index contributed by atoms with van der Waals surface area (Å²) in [6.07, 6.45) is 2.93. The van der Waals surface area contributed by atoms with Crippen molar-refractivity contribution in [3.8, 4) is 5.75 Å². The Morgan fingerprint density at radius 3 is 2.48 bits per heavy atom. The van der Waals surface area contributed by atoms with Crippen LogP contribution in [0.1, 0.15) is 42.1 Å². The van der Waals surface area contributed by atoms with Gasteiger partial charge in [0, 0.05) is 0 Å². The molecule has 0 saturated heterocycles. The first-order valence-electron chi connectivity index (χ1n) is 7.81. The van der Waals surface area contributed by atoms with E-state index in [0.717, 1.165) is 30.5 Å². The molecule has 0 fully saturated rings. The smallest absolute Gasteiger partial charge is 0.275 e. The molecule has 0 spiro atoms. The lowest BCUT2D eigenvalue weighted by molar-refractivity contribution is 0.0951. The molecule has 0 heterocycles. The molecule has 120 valence electrons. The van der Waals surface area contributed by atoms with Gasteiger partial charge in [-0.2, -0.15) is 5.10 Å². The lowest BCUT2D eigenvalue weighted by Gasteiger charge is -2.09. The lowest BCUT2D eigenvalue weighted by Crippen LogP contribution is -2.20. The molecular weight excluding hydrogens is 288 g/mol. The number of carbonyl (C=O) groups excluding carboxylic acids is 1. The molecule has 0 unspecified atom stereocenters. The molecule has 0 aliphatic heterocycles. The summed E-state index contributed by atoms with van der Waals surface area (Å²) in [5.74, 6) is 0.266. The van der Waals surface area contributed by atoms with Gasteiger partial charge in [0.1, 0.15) is 5.75 Å². The monoisotopic (exact) mass is 310 g/mol. The highest BCUT2D eigenvalue weighted by atomic mass is 16.5. The summed E-state index contributed by atoms with van der Waals surface area (Å²) in [5.41, 5.74) is 5.04. The number of hydrazone groups is 1. The van der Waals surface area contributed by atoms with Gasteiger partial charge in [-0.05, 0) is 30.5 Å². The van der Waals surface area contributed by atoms with E-state index in [-0.39, 0.29) is 5.91 Å². The highest BCUT2D eigenvalue weighted by molar-refractivity contribution is 6.02. The highest BCUT2D eigenvalue weighted by Crippen LogP contribution is 2.17. The molecule has 0 aliphatic rings. The normalized spacial score (nSPS) is 11.1. The van der Waals surface area contributed by atoms with Gasteiger partial charge in [-0.1, -0.05) is 55.8 Å². The van der Waals surface area contributed by atoms with E-state index >= 15 is 0 Å². The van der Waals surface area contributed by atoms with Crippen LogP contribution in [0.5, 0.6) is 5.75 Å². The van der Waals surface area contributed by atoms with E-state index in [4.69, 9.17) is 4.74 Å². The van der Waals surface area contributed by atoms with E-state index in [2.05, 4.69) is 17.5 Å². The molecule has 1 amide bonds. The predicted octanol–water partition coefficient (Wildman–Crippen LogP) is 4.02. The van der Waals surface area contributed by atoms with Gasteiger partial charge in [-0.25, -0.2) is 5.43 Å². The first kappa shape index (κ1) is 16.7. The van der Waals surface area contributed by atoms with Gasteiger partial charge in [-0.15, -0.1) is 0 Å². The number of hydrogen-bond acceptors (Lipinski definition) is 3. The molecule has 1 N–H and O–H groups in total. The average Bonchev–Trinajstić information content (AvgIpc) is 2.62. The molecule has 4 nitrogen and oxygen atoms in total. The number of hydrogen-bond donors (Lipinski definition) is 1. The van der Waals surface area contributed by atoms with Crippen LogP contribution in [-0.2, 0) is 0 Å². The van der Waals surface area contributed by atoms with Crippen molar-refractivity contribution in [3.63, 3.8) is 0 Å². The summed E-state index contributed by atoms with van der Waals surface area (Å²) in [4.78, 5) is 12.3. The Hall–Kier alpha value is -2.62. The third-order valence-corrected chi connectivity index (χ3v) is 3.52. The Kier molecular flexibility index (Phi) is 6.36. The molecule has 0 radical (unpaired) electrons. The van der Waals surface area contributed by atoms with Gasteiger partial charge >= 0.3 is 0 Å². The topological polar surface area (TPSA) is 50.7 Å². The van der Waals surface area contributed by atoms with E-state index in [9.17, 15) is 4.79 Å². The van der Waals surface area contributed by atoms with Crippen LogP contribution in [0.2, 0.25) is 0 Å². The van der Waals surface area contributed by atoms with Gasteiger partial charge in [0.05, 0.1) is 18.4 Å². The van der Waals surface area contributed by atoms with Crippen molar-refractivity contribution >= 4 is 11.6 Å². The minimum Gasteiger partial charge on any atom is -0.496 e. The lowest BCUT2D eigenvalue weighted by atomic mass is 10.1. The quantitative estimate of drug-likeness (QED) is 0.620. The summed E-state index contributed by atoms with van der Waals surface area (Å²) in [6, 6.07) is 17.0. The van der Waals surface area contributed by atoms with Gasteiger partial charge in [0.15, 0.2) is 0 Å². The number of methoxy groups -OCH3 is 1. The Labute approximate surface area is 137 Å². The zero-order valence-electron chi connectivity index (χ0n) is 13.6. The summed E-state index contributed by atoms with van der Waals surface area (Å²) in [6.45, 7) is 2.13. The number of rotatable bonds is 7. The molecule has 4 heteroatoms. The fourth-order valence-electron chi connectivity index (χ4n) is 2.25. The number of ether oxygens (including phenoxy) is 1. The van der Waals surface area contributed by atoms with Crippen LogP contribution in [0.25, 0.3) is 0 Å². The molecule has 23 heavy (non-hydrogen) atoms. The number of carbonyl (C=O) groups is 1. The van der Waals surface area contributed by atoms with Gasteiger partial charge in [0.2, 0.25) is 0 Å². The van der Waals surface area contributed by atoms with Crippen LogP contribution in [0.4, 0.5) is 0 Å².